The molecule has 0 bridgehead atoms. The topological polar surface area (TPSA) is 105 Å². The Kier molecular flexibility index (Phi) is 10.8. The first-order valence-electron chi connectivity index (χ1n) is 12.5. The van der Waals surface area contributed by atoms with Crippen LogP contribution in [-0.4, -0.2) is 60.4 Å². The number of carbonyl (C=O) groups excluding carboxylic acids is 4. The van der Waals surface area contributed by atoms with Crippen molar-refractivity contribution in [3.8, 4) is 0 Å². The summed E-state index contributed by atoms with van der Waals surface area (Å²) < 4.78 is 5.79. The average molecular weight is 510 g/mol. The minimum Gasteiger partial charge on any atom is -0.456 e. The molecule has 8 nitrogen and oxygen atoms in total. The minimum atomic E-state index is -0.835. The summed E-state index contributed by atoms with van der Waals surface area (Å²) >= 11 is 0. The van der Waals surface area contributed by atoms with Crippen LogP contribution in [0.15, 0.2) is 60.2 Å². The molecule has 1 aliphatic heterocycles. The highest BCUT2D eigenvalue weighted by Crippen LogP contribution is 2.25. The van der Waals surface area contributed by atoms with Gasteiger partial charge in [-0.3, -0.25) is 19.2 Å². The lowest BCUT2D eigenvalue weighted by molar-refractivity contribution is -0.149. The Bertz CT molecular complexity index is 1060. The predicted octanol–water partition coefficient (Wildman–Crippen LogP) is 3.26. The number of nitrogens with zero attached hydrogens (tertiary/aromatic N) is 1. The predicted molar refractivity (Wildman–Crippen MR) is 144 cm³/mol. The lowest BCUT2D eigenvalue weighted by atomic mass is 9.89. The summed E-state index contributed by atoms with van der Waals surface area (Å²) in [6.45, 7) is 12.6. The molecule has 0 radical (unpaired) electrons. The van der Waals surface area contributed by atoms with Crippen molar-refractivity contribution >= 4 is 29.8 Å². The first kappa shape index (κ1) is 29.5. The Morgan fingerprint density at radius 3 is 2.41 bits per heavy atom. The van der Waals surface area contributed by atoms with Gasteiger partial charge < -0.3 is 20.3 Å². The minimum absolute atomic E-state index is 0.0333. The van der Waals surface area contributed by atoms with Crippen molar-refractivity contribution in [2.24, 2.45) is 11.8 Å². The summed E-state index contributed by atoms with van der Waals surface area (Å²) in [5.41, 5.74) is 2.34. The van der Waals surface area contributed by atoms with Crippen LogP contribution in [0, 0.1) is 11.8 Å². The molecule has 1 fully saturated rings. The summed E-state index contributed by atoms with van der Waals surface area (Å²) in [6.07, 6.45) is 4.93. The first-order chi connectivity index (χ1) is 17.4. The smallest absolute Gasteiger partial charge is 0.326 e. The highest BCUT2D eigenvalue weighted by molar-refractivity contribution is 5.93. The molecule has 0 aliphatic carbocycles. The van der Waals surface area contributed by atoms with E-state index in [1.165, 1.54) is 11.9 Å². The lowest BCUT2D eigenvalue weighted by Crippen LogP contribution is -2.55. The summed E-state index contributed by atoms with van der Waals surface area (Å²) in [6, 6.07) is 8.12. The molecular formula is C29H39N3O5. The summed E-state index contributed by atoms with van der Waals surface area (Å²) in [5, 5.41) is 5.31. The van der Waals surface area contributed by atoms with E-state index in [-0.39, 0.29) is 24.8 Å². The van der Waals surface area contributed by atoms with Crippen LogP contribution < -0.4 is 10.6 Å². The van der Waals surface area contributed by atoms with Gasteiger partial charge in [0.15, 0.2) is 0 Å². The van der Waals surface area contributed by atoms with Gasteiger partial charge >= 0.3 is 5.97 Å². The molecule has 37 heavy (non-hydrogen) atoms. The van der Waals surface area contributed by atoms with Crippen LogP contribution in [0.2, 0.25) is 0 Å². The number of allylic oxidation sites excluding steroid dienone is 2. The first-order valence-corrected chi connectivity index (χ1v) is 12.5. The number of rotatable bonds is 4. The fraction of sp³-hybridized carbons (Fsp3) is 0.448. The highest BCUT2D eigenvalue weighted by atomic mass is 16.5. The van der Waals surface area contributed by atoms with Crippen LogP contribution in [0.25, 0.3) is 6.08 Å². The van der Waals surface area contributed by atoms with E-state index in [9.17, 15) is 19.2 Å². The van der Waals surface area contributed by atoms with Crippen molar-refractivity contribution in [1.82, 2.24) is 15.5 Å². The van der Waals surface area contributed by atoms with Gasteiger partial charge in [0, 0.05) is 19.4 Å². The van der Waals surface area contributed by atoms with Crippen LogP contribution in [0.4, 0.5) is 0 Å². The van der Waals surface area contributed by atoms with Gasteiger partial charge in [-0.25, -0.2) is 0 Å². The van der Waals surface area contributed by atoms with E-state index in [4.69, 9.17) is 4.74 Å². The maximum absolute atomic E-state index is 12.9. The average Bonchev–Trinajstić information content (AvgIpc) is 2.84. The molecule has 1 aliphatic rings. The molecule has 1 aromatic carbocycles. The Labute approximate surface area is 219 Å². The zero-order chi connectivity index (χ0) is 27.7. The molecular weight excluding hydrogens is 470 g/mol. The zero-order valence-electron chi connectivity index (χ0n) is 22.6. The number of hydrogen-bond acceptors (Lipinski definition) is 5. The van der Waals surface area contributed by atoms with Crippen molar-refractivity contribution in [3.63, 3.8) is 0 Å². The third-order valence-electron chi connectivity index (χ3n) is 6.46. The van der Waals surface area contributed by atoms with Crippen molar-refractivity contribution < 1.29 is 23.9 Å². The van der Waals surface area contributed by atoms with Crippen LogP contribution in [0.1, 0.15) is 46.6 Å². The van der Waals surface area contributed by atoms with E-state index in [2.05, 4.69) is 17.2 Å². The van der Waals surface area contributed by atoms with Crippen molar-refractivity contribution in [2.45, 2.75) is 59.2 Å². The second-order valence-electron chi connectivity index (χ2n) is 9.86. The molecule has 4 atom stereocenters. The SMILES string of the molecule is C=C1CC(=O)N[C@@H](C)C(=O)N(C)C(C(C)C)C(=O)NCC(=O)OC(/C(C)=C/C=C/c2ccccc2)[C@@H]1C. The summed E-state index contributed by atoms with van der Waals surface area (Å²) in [5.74, 6) is -2.49. The van der Waals surface area contributed by atoms with Crippen molar-refractivity contribution in [2.75, 3.05) is 13.6 Å². The molecule has 2 unspecified atom stereocenters. The van der Waals surface area contributed by atoms with Gasteiger partial charge in [0.25, 0.3) is 0 Å². The highest BCUT2D eigenvalue weighted by Gasteiger charge is 2.34. The second kappa shape index (κ2) is 13.6. The fourth-order valence-electron chi connectivity index (χ4n) is 4.31. The normalized spacial score (nSPS) is 25.4. The second-order valence-corrected chi connectivity index (χ2v) is 9.86. The van der Waals surface area contributed by atoms with Crippen LogP contribution in [-0.2, 0) is 23.9 Å². The number of ether oxygens (including phenoxy) is 1. The van der Waals surface area contributed by atoms with Gasteiger partial charge in [-0.15, -0.1) is 0 Å². The molecule has 1 heterocycles. The lowest BCUT2D eigenvalue weighted by Gasteiger charge is -2.32. The molecule has 200 valence electrons. The summed E-state index contributed by atoms with van der Waals surface area (Å²) in [4.78, 5) is 52.7. The zero-order valence-corrected chi connectivity index (χ0v) is 22.6. The molecule has 0 aromatic heterocycles. The van der Waals surface area contributed by atoms with Gasteiger partial charge in [-0.2, -0.15) is 0 Å². The van der Waals surface area contributed by atoms with E-state index >= 15 is 0 Å². The van der Waals surface area contributed by atoms with E-state index in [0.717, 1.165) is 11.1 Å². The van der Waals surface area contributed by atoms with Crippen LogP contribution in [0.5, 0.6) is 0 Å². The third-order valence-corrected chi connectivity index (χ3v) is 6.46. The molecule has 2 rings (SSSR count). The maximum atomic E-state index is 12.9. The van der Waals surface area contributed by atoms with Crippen molar-refractivity contribution in [1.29, 1.82) is 0 Å². The number of nitrogens with one attached hydrogen (secondary N) is 2. The molecule has 1 aromatic rings. The van der Waals surface area contributed by atoms with Gasteiger partial charge in [0.05, 0.1) is 0 Å². The molecule has 2 N–H and O–H groups in total. The molecule has 0 spiro atoms. The molecule has 3 amide bonds. The van der Waals surface area contributed by atoms with Gasteiger partial charge in [-0.05, 0) is 30.9 Å². The Morgan fingerprint density at radius 2 is 1.78 bits per heavy atom. The number of likely N-dealkylation sites (N-methyl/N-ethyl adjacent to an activating group) is 1. The van der Waals surface area contributed by atoms with E-state index < -0.39 is 41.9 Å². The van der Waals surface area contributed by atoms with E-state index in [1.807, 2.05) is 76.3 Å². The molecule has 8 heteroatoms. The fourth-order valence-corrected chi connectivity index (χ4v) is 4.31. The number of cyclic esters (lactones) is 1. The number of esters is 1. The Morgan fingerprint density at radius 1 is 1.14 bits per heavy atom. The van der Waals surface area contributed by atoms with Crippen LogP contribution >= 0.6 is 0 Å². The van der Waals surface area contributed by atoms with E-state index in [0.29, 0.717) is 5.57 Å². The number of amides is 3. The molecule has 1 saturated heterocycles. The third kappa shape index (κ3) is 8.44. The van der Waals surface area contributed by atoms with Crippen molar-refractivity contribution in [3.05, 3.63) is 65.8 Å². The molecule has 0 saturated carbocycles. The van der Waals surface area contributed by atoms with Gasteiger partial charge in [0.1, 0.15) is 24.7 Å². The van der Waals surface area contributed by atoms with E-state index in [1.54, 1.807) is 6.92 Å². The number of hydrogen-bond donors (Lipinski definition) is 2. The number of carbonyl (C=O) groups is 4. The van der Waals surface area contributed by atoms with Gasteiger partial charge in [-0.1, -0.05) is 81.5 Å². The monoisotopic (exact) mass is 509 g/mol. The quantitative estimate of drug-likeness (QED) is 0.368. The number of benzene rings is 1. The Hall–Kier alpha value is -3.68. The standard InChI is InChI=1S/C29H39N3O5/c1-18(2)26-28(35)30-17-25(34)37-27(19(3)12-11-15-23-13-9-8-10-14-23)21(5)20(4)16-24(33)31-22(6)29(36)32(26)7/h8-15,18,21-22,26-27H,4,16-17H2,1-3,5-7H3,(H,30,35)(H,31,33)/b15-11+,19-12+/t21-,22+,26?,27?/m1/s1. The Balaban J connectivity index is 2.35. The van der Waals surface area contributed by atoms with Crippen LogP contribution in [0.3, 0.4) is 0 Å². The largest absolute Gasteiger partial charge is 0.456 e. The summed E-state index contributed by atoms with van der Waals surface area (Å²) in [7, 11) is 1.51. The van der Waals surface area contributed by atoms with Gasteiger partial charge in [0.2, 0.25) is 17.7 Å². The maximum Gasteiger partial charge on any atom is 0.326 e.